The Morgan fingerprint density at radius 3 is 2.52 bits per heavy atom. The lowest BCUT2D eigenvalue weighted by molar-refractivity contribution is 0.0411. The predicted octanol–water partition coefficient (Wildman–Crippen LogP) is 1.05. The van der Waals surface area contributed by atoms with E-state index in [1.54, 1.807) is 10.6 Å². The van der Waals surface area contributed by atoms with Crippen LogP contribution < -0.4 is 16.4 Å². The van der Waals surface area contributed by atoms with Gasteiger partial charge in [0.05, 0.1) is 35.4 Å². The van der Waals surface area contributed by atoms with Gasteiger partial charge in [-0.2, -0.15) is 10.4 Å². The third kappa shape index (κ3) is 3.83. The number of anilines is 1. The van der Waals surface area contributed by atoms with E-state index in [2.05, 4.69) is 15.0 Å². The number of sulfone groups is 1. The first kappa shape index (κ1) is 21.7. The summed E-state index contributed by atoms with van der Waals surface area (Å²) in [5.74, 6) is 1.21. The van der Waals surface area contributed by atoms with Gasteiger partial charge >= 0.3 is 0 Å². The van der Waals surface area contributed by atoms with Gasteiger partial charge in [0.2, 0.25) is 0 Å². The topological polar surface area (TPSA) is 153 Å². The molecule has 3 aliphatic rings. The Labute approximate surface area is 192 Å². The molecule has 0 spiro atoms. The Kier molecular flexibility index (Phi) is 5.50. The number of piperidine rings is 1. The molecule has 4 heterocycles. The number of ether oxygens (including phenoxy) is 1. The molecular formula is C22H27N7O3S. The molecule has 1 saturated carbocycles. The number of hydrogen-bond donors (Lipinski definition) is 2. The van der Waals surface area contributed by atoms with Crippen LogP contribution in [0.25, 0.3) is 11.2 Å². The maximum atomic E-state index is 12.8. The highest BCUT2D eigenvalue weighted by atomic mass is 32.2. The van der Waals surface area contributed by atoms with Gasteiger partial charge in [-0.1, -0.05) is 0 Å². The molecule has 174 valence electrons. The number of hydrogen-bond acceptors (Lipinski definition) is 9. The molecule has 1 aliphatic carbocycles. The van der Waals surface area contributed by atoms with Gasteiger partial charge in [0, 0.05) is 19.3 Å². The first-order chi connectivity index (χ1) is 15.9. The lowest BCUT2D eigenvalue weighted by atomic mass is 10.1. The predicted molar refractivity (Wildman–Crippen MR) is 124 cm³/mol. The SMILES string of the molecule is N#CC(/C=C(\N)c1cc(C2CC2)c2c(N3CCC(S(=O)(=O)C4COC4)CC3)ncnn12)=C/N. The van der Waals surface area contributed by atoms with Crippen LogP contribution in [0, 0.1) is 11.3 Å². The first-order valence-corrected chi connectivity index (χ1v) is 12.8. The van der Waals surface area contributed by atoms with Crippen LogP contribution in [0.3, 0.4) is 0 Å². The minimum Gasteiger partial charge on any atom is -0.404 e. The molecule has 0 radical (unpaired) electrons. The number of nitriles is 1. The molecule has 2 aromatic rings. The number of aromatic nitrogens is 3. The minimum atomic E-state index is -3.16. The van der Waals surface area contributed by atoms with E-state index in [-0.39, 0.29) is 16.1 Å². The molecule has 33 heavy (non-hydrogen) atoms. The lowest BCUT2D eigenvalue weighted by Gasteiger charge is -2.36. The third-order valence-electron chi connectivity index (χ3n) is 6.78. The first-order valence-electron chi connectivity index (χ1n) is 11.2. The fourth-order valence-corrected chi connectivity index (χ4v) is 6.61. The Morgan fingerprint density at radius 2 is 1.94 bits per heavy atom. The minimum absolute atomic E-state index is 0.268. The molecule has 11 heteroatoms. The number of rotatable bonds is 6. The third-order valence-corrected chi connectivity index (χ3v) is 9.38. The highest BCUT2D eigenvalue weighted by Gasteiger charge is 2.40. The van der Waals surface area contributed by atoms with Gasteiger partial charge in [0.15, 0.2) is 15.7 Å². The van der Waals surface area contributed by atoms with E-state index in [1.807, 2.05) is 12.1 Å². The summed E-state index contributed by atoms with van der Waals surface area (Å²) < 4.78 is 32.5. The summed E-state index contributed by atoms with van der Waals surface area (Å²) in [7, 11) is -3.16. The van der Waals surface area contributed by atoms with Crippen LogP contribution >= 0.6 is 0 Å². The number of nitrogens with zero attached hydrogens (tertiary/aromatic N) is 5. The lowest BCUT2D eigenvalue weighted by Crippen LogP contribution is -2.49. The molecule has 10 nitrogen and oxygen atoms in total. The quantitative estimate of drug-likeness (QED) is 0.467. The van der Waals surface area contributed by atoms with E-state index < -0.39 is 9.84 Å². The van der Waals surface area contributed by atoms with Crippen LogP contribution in [-0.4, -0.2) is 59.8 Å². The Hall–Kier alpha value is -3.10. The molecule has 5 rings (SSSR count). The van der Waals surface area contributed by atoms with E-state index >= 15 is 0 Å². The van der Waals surface area contributed by atoms with Crippen LogP contribution in [0.2, 0.25) is 0 Å². The van der Waals surface area contributed by atoms with Crippen molar-refractivity contribution in [3.8, 4) is 6.07 Å². The van der Waals surface area contributed by atoms with Crippen LogP contribution in [0.5, 0.6) is 0 Å². The number of nitrogens with two attached hydrogens (primary N) is 2. The monoisotopic (exact) mass is 469 g/mol. The van der Waals surface area contributed by atoms with Gasteiger partial charge in [-0.25, -0.2) is 17.9 Å². The molecule has 0 atom stereocenters. The van der Waals surface area contributed by atoms with Crippen LogP contribution in [0.1, 0.15) is 42.9 Å². The van der Waals surface area contributed by atoms with E-state index in [9.17, 15) is 13.7 Å². The molecule has 2 aliphatic heterocycles. The normalized spacial score (nSPS) is 21.2. The van der Waals surface area contributed by atoms with E-state index in [0.29, 0.717) is 56.5 Å². The molecule has 0 unspecified atom stereocenters. The molecule has 0 bridgehead atoms. The van der Waals surface area contributed by atoms with Crippen molar-refractivity contribution in [2.24, 2.45) is 11.5 Å². The second-order valence-corrected chi connectivity index (χ2v) is 11.4. The average molecular weight is 470 g/mol. The molecule has 2 aromatic heterocycles. The van der Waals surface area contributed by atoms with Gasteiger partial charge < -0.3 is 21.1 Å². The summed E-state index contributed by atoms with van der Waals surface area (Å²) >= 11 is 0. The van der Waals surface area contributed by atoms with Crippen molar-refractivity contribution in [1.82, 2.24) is 14.6 Å². The Balaban J connectivity index is 1.48. The van der Waals surface area contributed by atoms with Gasteiger partial charge in [-0.3, -0.25) is 0 Å². The van der Waals surface area contributed by atoms with Crippen molar-refractivity contribution < 1.29 is 13.2 Å². The van der Waals surface area contributed by atoms with Crippen molar-refractivity contribution >= 4 is 26.9 Å². The number of fused-ring (bicyclic) bond motifs is 1. The summed E-state index contributed by atoms with van der Waals surface area (Å²) in [6, 6.07) is 4.03. The highest BCUT2D eigenvalue weighted by Crippen LogP contribution is 2.45. The Morgan fingerprint density at radius 1 is 1.21 bits per heavy atom. The zero-order valence-corrected chi connectivity index (χ0v) is 19.0. The zero-order chi connectivity index (χ0) is 23.2. The maximum absolute atomic E-state index is 12.8. The summed E-state index contributed by atoms with van der Waals surface area (Å²) in [5, 5.41) is 13.0. The summed E-state index contributed by atoms with van der Waals surface area (Å²) in [6.07, 6.45) is 7.57. The van der Waals surface area contributed by atoms with E-state index in [4.69, 9.17) is 16.2 Å². The van der Waals surface area contributed by atoms with Crippen LogP contribution in [0.15, 0.2) is 30.2 Å². The second-order valence-electron chi connectivity index (χ2n) is 8.87. The molecular weight excluding hydrogens is 442 g/mol. The van der Waals surface area contributed by atoms with Crippen molar-refractivity contribution in [3.05, 3.63) is 41.5 Å². The molecule has 0 aromatic carbocycles. The molecule has 2 saturated heterocycles. The number of allylic oxidation sites excluding steroid dienone is 2. The smallest absolute Gasteiger partial charge is 0.160 e. The zero-order valence-electron chi connectivity index (χ0n) is 18.2. The van der Waals surface area contributed by atoms with Gasteiger partial charge in [-0.15, -0.1) is 0 Å². The van der Waals surface area contributed by atoms with Gasteiger partial charge in [0.1, 0.15) is 23.2 Å². The molecule has 0 amide bonds. The largest absolute Gasteiger partial charge is 0.404 e. The highest BCUT2D eigenvalue weighted by molar-refractivity contribution is 7.92. The Bertz CT molecular complexity index is 1280. The summed E-state index contributed by atoms with van der Waals surface area (Å²) in [4.78, 5) is 6.75. The molecule has 3 fully saturated rings. The van der Waals surface area contributed by atoms with E-state index in [0.717, 1.165) is 29.7 Å². The van der Waals surface area contributed by atoms with E-state index in [1.165, 1.54) is 12.5 Å². The average Bonchev–Trinajstić information content (AvgIpc) is 3.55. The molecule has 4 N–H and O–H groups in total. The maximum Gasteiger partial charge on any atom is 0.160 e. The summed E-state index contributed by atoms with van der Waals surface area (Å²) in [5.41, 5.74) is 15.2. The van der Waals surface area contributed by atoms with Crippen molar-refractivity contribution in [2.45, 2.75) is 42.1 Å². The van der Waals surface area contributed by atoms with Crippen LogP contribution in [0.4, 0.5) is 5.82 Å². The fourth-order valence-electron chi connectivity index (χ4n) is 4.63. The van der Waals surface area contributed by atoms with Crippen LogP contribution in [-0.2, 0) is 14.6 Å². The van der Waals surface area contributed by atoms with Crippen molar-refractivity contribution in [2.75, 3.05) is 31.2 Å². The summed E-state index contributed by atoms with van der Waals surface area (Å²) in [6.45, 7) is 1.84. The standard InChI is InChI=1S/C22H27N7O3S/c23-9-14(10-24)7-19(25)20-8-18(15-1-2-15)21-22(26-13-27-29(20)21)28-5-3-16(4-6-28)33(30,31)17-11-32-12-17/h7-9,13,15-17H,1-6,11-12,23,25H2/b14-9+,19-7-. The van der Waals surface area contributed by atoms with Crippen molar-refractivity contribution in [1.29, 1.82) is 5.26 Å². The van der Waals surface area contributed by atoms with Gasteiger partial charge in [0.25, 0.3) is 0 Å². The van der Waals surface area contributed by atoms with Gasteiger partial charge in [-0.05, 0) is 49.3 Å². The van der Waals surface area contributed by atoms with Crippen molar-refractivity contribution in [3.63, 3.8) is 0 Å². The fraction of sp³-hybridized carbons (Fsp3) is 0.500. The second kappa shape index (κ2) is 8.35.